The van der Waals surface area contributed by atoms with E-state index in [9.17, 15) is 14.4 Å². The summed E-state index contributed by atoms with van der Waals surface area (Å²) in [4.78, 5) is 38.0. The number of methoxy groups -OCH3 is 1. The number of terminal acetylenes is 1. The maximum atomic E-state index is 12.6. The Hall–Kier alpha value is -4.25. The van der Waals surface area contributed by atoms with Crippen LogP contribution in [-0.4, -0.2) is 43.0 Å². The van der Waals surface area contributed by atoms with Crippen LogP contribution in [0.5, 0.6) is 11.5 Å². The van der Waals surface area contributed by atoms with Crippen LogP contribution in [0.2, 0.25) is 0 Å². The van der Waals surface area contributed by atoms with Crippen molar-refractivity contribution < 1.29 is 23.9 Å². The second kappa shape index (κ2) is 9.50. The third-order valence-corrected chi connectivity index (χ3v) is 4.38. The fourth-order valence-corrected chi connectivity index (χ4v) is 2.96. The Balaban J connectivity index is 1.71. The van der Waals surface area contributed by atoms with Crippen LogP contribution in [0, 0.1) is 19.3 Å². The topological polar surface area (TPSA) is 97.0 Å². The van der Waals surface area contributed by atoms with E-state index in [-0.39, 0.29) is 12.3 Å². The van der Waals surface area contributed by atoms with Gasteiger partial charge >= 0.3 is 6.03 Å². The molecule has 0 atom stereocenters. The number of nitrogens with zero attached hydrogens (tertiary/aromatic N) is 1. The molecule has 0 unspecified atom stereocenters. The van der Waals surface area contributed by atoms with E-state index >= 15 is 0 Å². The van der Waals surface area contributed by atoms with Crippen LogP contribution in [0.1, 0.15) is 11.1 Å². The third kappa shape index (κ3) is 5.22. The first-order valence-electron chi connectivity index (χ1n) is 9.36. The van der Waals surface area contributed by atoms with E-state index in [0.717, 1.165) is 10.5 Å². The minimum atomic E-state index is -0.670. The predicted octanol–water partition coefficient (Wildman–Crippen LogP) is 2.55. The molecular formula is C23H21N3O5. The summed E-state index contributed by atoms with van der Waals surface area (Å²) in [6.07, 6.45) is 6.69. The van der Waals surface area contributed by atoms with E-state index in [1.54, 1.807) is 36.4 Å². The molecule has 1 heterocycles. The number of carbonyl (C=O) groups is 3. The Kier molecular flexibility index (Phi) is 6.58. The highest BCUT2D eigenvalue weighted by molar-refractivity contribution is 6.15. The van der Waals surface area contributed by atoms with Gasteiger partial charge in [0.05, 0.1) is 7.11 Å². The lowest BCUT2D eigenvalue weighted by Crippen LogP contribution is -2.38. The molecule has 158 valence electrons. The summed E-state index contributed by atoms with van der Waals surface area (Å²) in [6.45, 7) is 1.58. The molecule has 0 bridgehead atoms. The van der Waals surface area contributed by atoms with E-state index in [1.165, 1.54) is 13.2 Å². The van der Waals surface area contributed by atoms with Crippen LogP contribution < -0.4 is 20.1 Å². The highest BCUT2D eigenvalue weighted by atomic mass is 16.5. The minimum Gasteiger partial charge on any atom is -0.493 e. The smallest absolute Gasteiger partial charge is 0.329 e. The lowest BCUT2D eigenvalue weighted by Gasteiger charge is -2.12. The monoisotopic (exact) mass is 419 g/mol. The Morgan fingerprint density at radius 3 is 2.74 bits per heavy atom. The molecule has 4 amide bonds. The largest absolute Gasteiger partial charge is 0.493 e. The van der Waals surface area contributed by atoms with Gasteiger partial charge in [-0.25, -0.2) is 9.69 Å². The first-order valence-corrected chi connectivity index (χ1v) is 9.36. The number of imide groups is 1. The SMILES string of the molecule is C#CCOc1ccc(/C=C2/NC(=O)N(CC(=O)Nc3cccc(C)c3)C2=O)cc1OC. The molecule has 0 saturated carbocycles. The zero-order valence-corrected chi connectivity index (χ0v) is 17.1. The third-order valence-electron chi connectivity index (χ3n) is 4.38. The molecule has 0 spiro atoms. The fourth-order valence-electron chi connectivity index (χ4n) is 2.96. The second-order valence-corrected chi connectivity index (χ2v) is 6.70. The van der Waals surface area contributed by atoms with E-state index < -0.39 is 24.4 Å². The van der Waals surface area contributed by atoms with Gasteiger partial charge in [-0.2, -0.15) is 0 Å². The molecule has 0 radical (unpaired) electrons. The summed E-state index contributed by atoms with van der Waals surface area (Å²) in [5, 5.41) is 5.16. The number of carbonyl (C=O) groups excluding carboxylic acids is 3. The van der Waals surface area contributed by atoms with Gasteiger partial charge in [0, 0.05) is 5.69 Å². The zero-order valence-electron chi connectivity index (χ0n) is 17.1. The highest BCUT2D eigenvalue weighted by Gasteiger charge is 2.35. The number of rotatable bonds is 7. The minimum absolute atomic E-state index is 0.0488. The number of ether oxygens (including phenoxy) is 2. The number of benzene rings is 2. The van der Waals surface area contributed by atoms with Crippen molar-refractivity contribution in [2.75, 3.05) is 25.6 Å². The van der Waals surface area contributed by atoms with Crippen molar-refractivity contribution in [2.24, 2.45) is 0 Å². The number of anilines is 1. The summed E-state index contributed by atoms with van der Waals surface area (Å²) in [5.74, 6) is 2.17. The molecule has 8 nitrogen and oxygen atoms in total. The number of aryl methyl sites for hydroxylation is 1. The van der Waals surface area contributed by atoms with Crippen molar-refractivity contribution in [1.82, 2.24) is 10.2 Å². The molecule has 2 aromatic rings. The second-order valence-electron chi connectivity index (χ2n) is 6.70. The van der Waals surface area contributed by atoms with Gasteiger partial charge in [-0.15, -0.1) is 6.42 Å². The number of nitrogens with one attached hydrogen (secondary N) is 2. The Labute approximate surface area is 179 Å². The van der Waals surface area contributed by atoms with Crippen molar-refractivity contribution in [3.8, 4) is 23.8 Å². The van der Waals surface area contributed by atoms with Crippen molar-refractivity contribution in [2.45, 2.75) is 6.92 Å². The summed E-state index contributed by atoms with van der Waals surface area (Å²) in [5.41, 5.74) is 2.21. The van der Waals surface area contributed by atoms with Gasteiger partial charge in [0.25, 0.3) is 5.91 Å². The highest BCUT2D eigenvalue weighted by Crippen LogP contribution is 2.29. The van der Waals surface area contributed by atoms with E-state index in [1.807, 2.05) is 13.0 Å². The number of amides is 4. The van der Waals surface area contributed by atoms with Gasteiger partial charge in [-0.1, -0.05) is 24.1 Å². The summed E-state index contributed by atoms with van der Waals surface area (Å²) in [6, 6.07) is 11.5. The van der Waals surface area contributed by atoms with Crippen LogP contribution in [0.25, 0.3) is 6.08 Å². The fraction of sp³-hybridized carbons (Fsp3) is 0.174. The maximum absolute atomic E-state index is 12.6. The molecule has 1 saturated heterocycles. The average Bonchev–Trinajstić information content (AvgIpc) is 3.00. The molecule has 3 rings (SSSR count). The van der Waals surface area contributed by atoms with Gasteiger partial charge < -0.3 is 20.1 Å². The van der Waals surface area contributed by atoms with Crippen LogP contribution in [0.4, 0.5) is 10.5 Å². The van der Waals surface area contributed by atoms with Gasteiger partial charge in [0.2, 0.25) is 5.91 Å². The molecule has 1 aliphatic heterocycles. The summed E-state index contributed by atoms with van der Waals surface area (Å²) < 4.78 is 10.7. The Morgan fingerprint density at radius 1 is 1.23 bits per heavy atom. The lowest BCUT2D eigenvalue weighted by atomic mass is 10.1. The summed E-state index contributed by atoms with van der Waals surface area (Å²) in [7, 11) is 1.48. The molecule has 0 aliphatic carbocycles. The predicted molar refractivity (Wildman–Crippen MR) is 115 cm³/mol. The van der Waals surface area contributed by atoms with Gasteiger partial charge in [-0.3, -0.25) is 9.59 Å². The van der Waals surface area contributed by atoms with Crippen LogP contribution in [-0.2, 0) is 9.59 Å². The summed E-state index contributed by atoms with van der Waals surface area (Å²) >= 11 is 0. The van der Waals surface area contributed by atoms with Crippen LogP contribution in [0.15, 0.2) is 48.2 Å². The Morgan fingerprint density at radius 2 is 2.03 bits per heavy atom. The molecule has 1 aliphatic rings. The molecule has 2 N–H and O–H groups in total. The van der Waals surface area contributed by atoms with Crippen molar-refractivity contribution in [3.05, 3.63) is 59.3 Å². The molecule has 1 fully saturated rings. The number of hydrogen-bond donors (Lipinski definition) is 2. The lowest BCUT2D eigenvalue weighted by molar-refractivity contribution is -0.127. The van der Waals surface area contributed by atoms with E-state index in [4.69, 9.17) is 15.9 Å². The zero-order chi connectivity index (χ0) is 22.4. The molecule has 8 heteroatoms. The number of hydrogen-bond acceptors (Lipinski definition) is 5. The molecule has 0 aromatic heterocycles. The normalized spacial score (nSPS) is 14.2. The van der Waals surface area contributed by atoms with Crippen molar-refractivity contribution in [1.29, 1.82) is 0 Å². The molecule has 31 heavy (non-hydrogen) atoms. The van der Waals surface area contributed by atoms with Crippen molar-refractivity contribution >= 4 is 29.6 Å². The van der Waals surface area contributed by atoms with E-state index in [0.29, 0.717) is 22.7 Å². The number of urea groups is 1. The van der Waals surface area contributed by atoms with Crippen LogP contribution >= 0.6 is 0 Å². The maximum Gasteiger partial charge on any atom is 0.329 e. The first-order chi connectivity index (χ1) is 14.9. The van der Waals surface area contributed by atoms with Gasteiger partial charge in [0.15, 0.2) is 11.5 Å². The standard InChI is InChI=1S/C23H21N3O5/c1-4-10-31-19-9-8-16(13-20(19)30-3)12-18-22(28)26(23(29)25-18)14-21(27)24-17-7-5-6-15(2)11-17/h1,5-9,11-13H,10,14H2,2-3H3,(H,24,27)(H,25,29)/b18-12+. The van der Waals surface area contributed by atoms with Crippen molar-refractivity contribution in [3.63, 3.8) is 0 Å². The first kappa shape index (κ1) is 21.5. The molecular weight excluding hydrogens is 398 g/mol. The Bertz CT molecular complexity index is 1100. The van der Waals surface area contributed by atoms with Crippen LogP contribution in [0.3, 0.4) is 0 Å². The average molecular weight is 419 g/mol. The van der Waals surface area contributed by atoms with Gasteiger partial charge in [-0.05, 0) is 48.4 Å². The van der Waals surface area contributed by atoms with Gasteiger partial charge in [0.1, 0.15) is 18.8 Å². The quantitative estimate of drug-likeness (QED) is 0.408. The van der Waals surface area contributed by atoms with E-state index in [2.05, 4.69) is 16.6 Å². The molecule has 2 aromatic carbocycles.